The zero-order chi connectivity index (χ0) is 21.2. The summed E-state index contributed by atoms with van der Waals surface area (Å²) in [7, 11) is 1.45. The lowest BCUT2D eigenvalue weighted by atomic mass is 10.2. The van der Waals surface area contributed by atoms with E-state index in [9.17, 15) is 24.5 Å². The molecule has 0 aliphatic heterocycles. The lowest BCUT2D eigenvalue weighted by Gasteiger charge is -2.09. The standard InChI is InChI=1S/C19H19N3O7/c1-28-16-8-3-2-7-15(16)19(25)20-10-9-18(24)29-12-17(23)21-13-5-4-6-14(11-13)22(26)27/h2-8,11H,9-10,12H2,1H3,(H,20,25)(H,21,23). The lowest BCUT2D eigenvalue weighted by Crippen LogP contribution is -2.28. The second-order valence-corrected chi connectivity index (χ2v) is 5.72. The largest absolute Gasteiger partial charge is 0.496 e. The van der Waals surface area contributed by atoms with Crippen molar-refractivity contribution in [3.05, 3.63) is 64.2 Å². The van der Waals surface area contributed by atoms with E-state index in [1.54, 1.807) is 24.3 Å². The Morgan fingerprint density at radius 2 is 1.86 bits per heavy atom. The number of nitro benzene ring substituents is 1. The zero-order valence-corrected chi connectivity index (χ0v) is 15.5. The fourth-order valence-electron chi connectivity index (χ4n) is 2.32. The molecule has 0 radical (unpaired) electrons. The van der Waals surface area contributed by atoms with Crippen LogP contribution in [0.15, 0.2) is 48.5 Å². The van der Waals surface area contributed by atoms with Crippen LogP contribution in [0.4, 0.5) is 11.4 Å². The van der Waals surface area contributed by atoms with Gasteiger partial charge < -0.3 is 20.1 Å². The molecular weight excluding hydrogens is 382 g/mol. The predicted molar refractivity (Wildman–Crippen MR) is 103 cm³/mol. The van der Waals surface area contributed by atoms with Crippen LogP contribution in [0.3, 0.4) is 0 Å². The van der Waals surface area contributed by atoms with Crippen LogP contribution in [0.5, 0.6) is 5.75 Å². The fourth-order valence-corrected chi connectivity index (χ4v) is 2.32. The summed E-state index contributed by atoms with van der Waals surface area (Å²) in [5, 5.41) is 15.7. The Bertz CT molecular complexity index is 914. The van der Waals surface area contributed by atoms with E-state index in [-0.39, 0.29) is 24.3 Å². The lowest BCUT2D eigenvalue weighted by molar-refractivity contribution is -0.384. The molecule has 0 bridgehead atoms. The molecule has 0 aliphatic rings. The van der Waals surface area contributed by atoms with Gasteiger partial charge in [-0.2, -0.15) is 0 Å². The highest BCUT2D eigenvalue weighted by atomic mass is 16.6. The smallest absolute Gasteiger partial charge is 0.308 e. The first kappa shape index (κ1) is 21.4. The summed E-state index contributed by atoms with van der Waals surface area (Å²) >= 11 is 0. The molecule has 0 unspecified atom stereocenters. The molecule has 0 spiro atoms. The summed E-state index contributed by atoms with van der Waals surface area (Å²) in [6, 6.07) is 12.0. The highest BCUT2D eigenvalue weighted by molar-refractivity contribution is 5.97. The minimum Gasteiger partial charge on any atom is -0.496 e. The van der Waals surface area contributed by atoms with Gasteiger partial charge in [0.1, 0.15) is 5.75 Å². The van der Waals surface area contributed by atoms with E-state index >= 15 is 0 Å². The highest BCUT2D eigenvalue weighted by Crippen LogP contribution is 2.17. The maximum Gasteiger partial charge on any atom is 0.308 e. The van der Waals surface area contributed by atoms with E-state index in [0.717, 1.165) is 0 Å². The first-order chi connectivity index (χ1) is 13.9. The van der Waals surface area contributed by atoms with Gasteiger partial charge in [0.25, 0.3) is 17.5 Å². The molecule has 152 valence electrons. The van der Waals surface area contributed by atoms with Gasteiger partial charge >= 0.3 is 5.97 Å². The molecule has 2 aromatic rings. The van der Waals surface area contributed by atoms with Crippen LogP contribution in [0.1, 0.15) is 16.8 Å². The van der Waals surface area contributed by atoms with Gasteiger partial charge in [-0.15, -0.1) is 0 Å². The van der Waals surface area contributed by atoms with Crippen molar-refractivity contribution >= 4 is 29.2 Å². The van der Waals surface area contributed by atoms with E-state index in [1.165, 1.54) is 31.4 Å². The molecule has 2 amide bonds. The van der Waals surface area contributed by atoms with Crippen LogP contribution in [-0.4, -0.2) is 43.0 Å². The Hall–Kier alpha value is -3.95. The van der Waals surface area contributed by atoms with E-state index in [2.05, 4.69) is 10.6 Å². The summed E-state index contributed by atoms with van der Waals surface area (Å²) in [6.45, 7) is -0.538. The minimum absolute atomic E-state index is 0.0161. The molecular formula is C19H19N3O7. The number of methoxy groups -OCH3 is 1. The molecule has 2 aromatic carbocycles. The Morgan fingerprint density at radius 3 is 2.59 bits per heavy atom. The number of anilines is 1. The summed E-state index contributed by atoms with van der Waals surface area (Å²) in [4.78, 5) is 45.7. The molecule has 2 N–H and O–H groups in total. The van der Waals surface area contributed by atoms with Crippen molar-refractivity contribution in [2.75, 3.05) is 25.6 Å². The van der Waals surface area contributed by atoms with Gasteiger partial charge in [-0.05, 0) is 18.2 Å². The second kappa shape index (κ2) is 10.4. The molecule has 0 saturated carbocycles. The molecule has 0 atom stereocenters. The number of nitrogens with one attached hydrogen (secondary N) is 2. The number of benzene rings is 2. The van der Waals surface area contributed by atoms with Gasteiger partial charge in [0.15, 0.2) is 6.61 Å². The molecule has 29 heavy (non-hydrogen) atoms. The molecule has 0 aliphatic carbocycles. The van der Waals surface area contributed by atoms with Crippen molar-refractivity contribution < 1.29 is 28.8 Å². The van der Waals surface area contributed by atoms with Crippen LogP contribution < -0.4 is 15.4 Å². The predicted octanol–water partition coefficient (Wildman–Crippen LogP) is 1.91. The highest BCUT2D eigenvalue weighted by Gasteiger charge is 2.13. The number of nitro groups is 1. The molecule has 0 heterocycles. The van der Waals surface area contributed by atoms with Gasteiger partial charge in [-0.1, -0.05) is 18.2 Å². The van der Waals surface area contributed by atoms with E-state index in [0.29, 0.717) is 11.3 Å². The van der Waals surface area contributed by atoms with E-state index in [4.69, 9.17) is 9.47 Å². The quantitative estimate of drug-likeness (QED) is 0.372. The number of para-hydroxylation sites is 1. The number of nitrogens with zero attached hydrogens (tertiary/aromatic N) is 1. The average Bonchev–Trinajstić information content (AvgIpc) is 2.72. The Labute approximate surface area is 166 Å². The van der Waals surface area contributed by atoms with Crippen LogP contribution >= 0.6 is 0 Å². The third-order valence-electron chi connectivity index (χ3n) is 3.67. The molecule has 10 nitrogen and oxygen atoms in total. The first-order valence-corrected chi connectivity index (χ1v) is 8.52. The minimum atomic E-state index is -0.681. The number of rotatable bonds is 9. The van der Waals surface area contributed by atoms with Crippen molar-refractivity contribution in [1.29, 1.82) is 0 Å². The van der Waals surface area contributed by atoms with Crippen LogP contribution in [0.2, 0.25) is 0 Å². The van der Waals surface area contributed by atoms with Crippen molar-refractivity contribution in [1.82, 2.24) is 5.32 Å². The number of carbonyl (C=O) groups is 3. The average molecular weight is 401 g/mol. The van der Waals surface area contributed by atoms with Crippen molar-refractivity contribution in [2.24, 2.45) is 0 Å². The topological polar surface area (TPSA) is 137 Å². The molecule has 0 aromatic heterocycles. The molecule has 2 rings (SSSR count). The maximum atomic E-state index is 12.1. The number of carbonyl (C=O) groups excluding carboxylic acids is 3. The van der Waals surface area contributed by atoms with Crippen LogP contribution in [0.25, 0.3) is 0 Å². The van der Waals surface area contributed by atoms with E-state index in [1.807, 2.05) is 0 Å². The number of amides is 2. The first-order valence-electron chi connectivity index (χ1n) is 8.52. The molecule has 0 fully saturated rings. The van der Waals surface area contributed by atoms with Crippen molar-refractivity contribution in [3.63, 3.8) is 0 Å². The monoisotopic (exact) mass is 401 g/mol. The maximum absolute atomic E-state index is 12.1. The van der Waals surface area contributed by atoms with Gasteiger partial charge in [-0.25, -0.2) is 0 Å². The van der Waals surface area contributed by atoms with Crippen LogP contribution in [0, 0.1) is 10.1 Å². The molecule has 10 heteroatoms. The van der Waals surface area contributed by atoms with Gasteiger partial charge in [-0.3, -0.25) is 24.5 Å². The van der Waals surface area contributed by atoms with E-state index < -0.39 is 29.3 Å². The summed E-state index contributed by atoms with van der Waals surface area (Å²) < 4.78 is 9.92. The number of ether oxygens (including phenoxy) is 2. The molecule has 0 saturated heterocycles. The number of hydrogen-bond acceptors (Lipinski definition) is 7. The van der Waals surface area contributed by atoms with Crippen LogP contribution in [-0.2, 0) is 14.3 Å². The fraction of sp³-hybridized carbons (Fsp3) is 0.211. The Morgan fingerprint density at radius 1 is 1.10 bits per heavy atom. The summed E-state index contributed by atoms with van der Waals surface area (Å²) in [6.07, 6.45) is -0.134. The Balaban J connectivity index is 1.73. The SMILES string of the molecule is COc1ccccc1C(=O)NCCC(=O)OCC(=O)Nc1cccc([N+](=O)[O-])c1. The van der Waals surface area contributed by atoms with Crippen molar-refractivity contribution in [2.45, 2.75) is 6.42 Å². The third kappa shape index (κ3) is 6.61. The Kier molecular flexibility index (Phi) is 7.66. The van der Waals surface area contributed by atoms with Gasteiger partial charge in [0.2, 0.25) is 0 Å². The number of hydrogen-bond donors (Lipinski definition) is 2. The summed E-state index contributed by atoms with van der Waals surface area (Å²) in [5.41, 5.74) is 0.370. The second-order valence-electron chi connectivity index (χ2n) is 5.72. The third-order valence-corrected chi connectivity index (χ3v) is 3.67. The zero-order valence-electron chi connectivity index (χ0n) is 15.5. The summed E-state index contributed by atoms with van der Waals surface area (Å²) in [5.74, 6) is -1.32. The number of esters is 1. The van der Waals surface area contributed by atoms with Gasteiger partial charge in [0, 0.05) is 24.4 Å². The van der Waals surface area contributed by atoms with Gasteiger partial charge in [0.05, 0.1) is 24.0 Å². The number of non-ortho nitro benzene ring substituents is 1. The normalized spacial score (nSPS) is 9.97. The van der Waals surface area contributed by atoms with Crippen molar-refractivity contribution in [3.8, 4) is 5.75 Å².